The fraction of sp³-hybridized carbons (Fsp3) is 0.800. The van der Waals surface area contributed by atoms with Crippen molar-refractivity contribution in [3.05, 3.63) is 11.8 Å². The minimum Gasteiger partial charge on any atom is -0.425 e. The first-order chi connectivity index (χ1) is 7.28. The quantitative estimate of drug-likeness (QED) is 0.775. The molecule has 0 atom stereocenters. The summed E-state index contributed by atoms with van der Waals surface area (Å²) >= 11 is 0. The minimum atomic E-state index is -0.0491. The van der Waals surface area contributed by atoms with E-state index in [1.54, 1.807) is 7.11 Å². The van der Waals surface area contributed by atoms with Gasteiger partial charge in [0.05, 0.1) is 12.0 Å². The second kappa shape index (κ2) is 4.28. The Kier molecular flexibility index (Phi) is 3.02. The maximum atomic E-state index is 5.49. The molecular formula is C10H17N3O2. The van der Waals surface area contributed by atoms with E-state index in [4.69, 9.17) is 14.9 Å². The van der Waals surface area contributed by atoms with E-state index < -0.39 is 0 Å². The van der Waals surface area contributed by atoms with Crippen LogP contribution in [0.25, 0.3) is 0 Å². The van der Waals surface area contributed by atoms with Crippen LogP contribution < -0.4 is 5.73 Å². The van der Waals surface area contributed by atoms with Crippen molar-refractivity contribution in [2.24, 2.45) is 5.73 Å². The topological polar surface area (TPSA) is 74.2 Å². The van der Waals surface area contributed by atoms with Crippen LogP contribution in [-0.2, 0) is 17.6 Å². The maximum absolute atomic E-state index is 5.49. The number of methoxy groups -OCH3 is 1. The third kappa shape index (κ3) is 2.18. The summed E-state index contributed by atoms with van der Waals surface area (Å²) < 4.78 is 11.0. The zero-order valence-corrected chi connectivity index (χ0v) is 9.03. The fourth-order valence-electron chi connectivity index (χ4n) is 1.88. The predicted octanol–water partition coefficient (Wildman–Crippen LogP) is 0.682. The third-order valence-electron chi connectivity index (χ3n) is 3.04. The molecule has 0 saturated heterocycles. The Morgan fingerprint density at radius 1 is 1.40 bits per heavy atom. The van der Waals surface area contributed by atoms with Crippen molar-refractivity contribution in [3.63, 3.8) is 0 Å². The summed E-state index contributed by atoms with van der Waals surface area (Å²) in [6, 6.07) is 0. The minimum absolute atomic E-state index is 0.0491. The van der Waals surface area contributed by atoms with Gasteiger partial charge in [-0.05, 0) is 19.3 Å². The molecular weight excluding hydrogens is 194 g/mol. The average Bonchev–Trinajstić information content (AvgIpc) is 2.60. The number of aromatic nitrogens is 2. The van der Waals surface area contributed by atoms with E-state index in [9.17, 15) is 0 Å². The molecule has 1 aliphatic rings. The normalized spacial score (nSPS) is 18.8. The molecule has 1 fully saturated rings. The summed E-state index contributed by atoms with van der Waals surface area (Å²) in [5.74, 6) is 1.29. The first kappa shape index (κ1) is 10.6. The third-order valence-corrected chi connectivity index (χ3v) is 3.04. The molecule has 0 aromatic carbocycles. The lowest BCUT2D eigenvalue weighted by atomic mass is 9.77. The van der Waals surface area contributed by atoms with Crippen LogP contribution in [0.4, 0.5) is 0 Å². The van der Waals surface area contributed by atoms with E-state index in [0.717, 1.165) is 19.3 Å². The highest BCUT2D eigenvalue weighted by Crippen LogP contribution is 2.37. The fourth-order valence-corrected chi connectivity index (χ4v) is 1.88. The number of rotatable bonds is 5. The van der Waals surface area contributed by atoms with Gasteiger partial charge in [-0.15, -0.1) is 10.2 Å². The van der Waals surface area contributed by atoms with Crippen LogP contribution in [0, 0.1) is 0 Å². The van der Waals surface area contributed by atoms with Crippen LogP contribution >= 0.6 is 0 Å². The lowest BCUT2D eigenvalue weighted by molar-refractivity contribution is -0.0746. The van der Waals surface area contributed by atoms with Gasteiger partial charge in [-0.3, -0.25) is 0 Å². The Bertz CT molecular complexity index is 315. The summed E-state index contributed by atoms with van der Waals surface area (Å²) in [7, 11) is 1.75. The standard InChI is InChI=1S/C10H17N3O2/c1-14-10(4-2-5-10)7-9-13-12-8(15-9)3-6-11/h2-7,11H2,1H3. The molecule has 15 heavy (non-hydrogen) atoms. The molecule has 0 amide bonds. The van der Waals surface area contributed by atoms with Gasteiger partial charge in [-0.1, -0.05) is 0 Å². The smallest absolute Gasteiger partial charge is 0.219 e. The summed E-state index contributed by atoms with van der Waals surface area (Å²) in [6.45, 7) is 0.539. The van der Waals surface area contributed by atoms with Crippen molar-refractivity contribution < 1.29 is 9.15 Å². The van der Waals surface area contributed by atoms with E-state index in [-0.39, 0.29) is 5.60 Å². The second-order valence-electron chi connectivity index (χ2n) is 4.05. The van der Waals surface area contributed by atoms with Crippen molar-refractivity contribution in [2.75, 3.05) is 13.7 Å². The Hall–Kier alpha value is -0.940. The van der Waals surface area contributed by atoms with Crippen LogP contribution in [0.15, 0.2) is 4.42 Å². The predicted molar refractivity (Wildman–Crippen MR) is 54.4 cm³/mol. The monoisotopic (exact) mass is 211 g/mol. The second-order valence-corrected chi connectivity index (χ2v) is 4.05. The van der Waals surface area contributed by atoms with Gasteiger partial charge in [0.1, 0.15) is 0 Å². The van der Waals surface area contributed by atoms with Crippen LogP contribution in [-0.4, -0.2) is 29.5 Å². The highest BCUT2D eigenvalue weighted by Gasteiger charge is 2.38. The molecule has 0 aliphatic heterocycles. The van der Waals surface area contributed by atoms with E-state index in [0.29, 0.717) is 24.7 Å². The van der Waals surface area contributed by atoms with E-state index in [1.807, 2.05) is 0 Å². The number of hydrogen-bond donors (Lipinski definition) is 1. The van der Waals surface area contributed by atoms with Crippen molar-refractivity contribution in [1.29, 1.82) is 0 Å². The zero-order chi connectivity index (χ0) is 10.7. The van der Waals surface area contributed by atoms with Gasteiger partial charge in [-0.25, -0.2) is 0 Å². The van der Waals surface area contributed by atoms with Crippen molar-refractivity contribution in [3.8, 4) is 0 Å². The van der Waals surface area contributed by atoms with Crippen molar-refractivity contribution in [2.45, 2.75) is 37.7 Å². The van der Waals surface area contributed by atoms with E-state index in [2.05, 4.69) is 10.2 Å². The van der Waals surface area contributed by atoms with Gasteiger partial charge in [0, 0.05) is 20.1 Å². The maximum Gasteiger partial charge on any atom is 0.219 e. The Morgan fingerprint density at radius 3 is 2.67 bits per heavy atom. The molecule has 1 saturated carbocycles. The van der Waals surface area contributed by atoms with Crippen molar-refractivity contribution >= 4 is 0 Å². The summed E-state index contributed by atoms with van der Waals surface area (Å²) in [5, 5.41) is 7.93. The Morgan fingerprint density at radius 2 is 2.13 bits per heavy atom. The number of nitrogens with two attached hydrogens (primary N) is 1. The summed E-state index contributed by atoms with van der Waals surface area (Å²) in [5.41, 5.74) is 5.36. The van der Waals surface area contributed by atoms with Crippen LogP contribution in [0.3, 0.4) is 0 Å². The molecule has 2 N–H and O–H groups in total. The molecule has 5 heteroatoms. The first-order valence-electron chi connectivity index (χ1n) is 5.34. The van der Waals surface area contributed by atoms with Gasteiger partial charge in [0.2, 0.25) is 11.8 Å². The lowest BCUT2D eigenvalue weighted by Gasteiger charge is -2.39. The number of nitrogens with zero attached hydrogens (tertiary/aromatic N) is 2. The number of hydrogen-bond acceptors (Lipinski definition) is 5. The van der Waals surface area contributed by atoms with Gasteiger partial charge in [-0.2, -0.15) is 0 Å². The molecule has 1 aromatic heterocycles. The molecule has 0 unspecified atom stereocenters. The molecule has 1 heterocycles. The molecule has 1 aliphatic carbocycles. The number of ether oxygens (including phenoxy) is 1. The zero-order valence-electron chi connectivity index (χ0n) is 9.03. The summed E-state index contributed by atoms with van der Waals surface area (Å²) in [4.78, 5) is 0. The van der Waals surface area contributed by atoms with Gasteiger partial charge < -0.3 is 14.9 Å². The molecule has 1 aromatic rings. The van der Waals surface area contributed by atoms with Crippen molar-refractivity contribution in [1.82, 2.24) is 10.2 Å². The molecule has 0 radical (unpaired) electrons. The average molecular weight is 211 g/mol. The van der Waals surface area contributed by atoms with E-state index >= 15 is 0 Å². The summed E-state index contributed by atoms with van der Waals surface area (Å²) in [6.07, 6.45) is 4.75. The van der Waals surface area contributed by atoms with Crippen LogP contribution in [0.5, 0.6) is 0 Å². The van der Waals surface area contributed by atoms with Gasteiger partial charge in [0.15, 0.2) is 0 Å². The molecule has 0 bridgehead atoms. The molecule has 2 rings (SSSR count). The SMILES string of the molecule is COC1(Cc2nnc(CCN)o2)CCC1. The molecule has 0 spiro atoms. The highest BCUT2D eigenvalue weighted by molar-refractivity contribution is 4.97. The van der Waals surface area contributed by atoms with Gasteiger partial charge in [0.25, 0.3) is 0 Å². The highest BCUT2D eigenvalue weighted by atomic mass is 16.5. The Balaban J connectivity index is 1.97. The van der Waals surface area contributed by atoms with Crippen LogP contribution in [0.2, 0.25) is 0 Å². The first-order valence-corrected chi connectivity index (χ1v) is 5.34. The van der Waals surface area contributed by atoms with Crippen LogP contribution in [0.1, 0.15) is 31.0 Å². The molecule has 5 nitrogen and oxygen atoms in total. The van der Waals surface area contributed by atoms with Gasteiger partial charge >= 0.3 is 0 Å². The molecule has 84 valence electrons. The largest absolute Gasteiger partial charge is 0.425 e. The Labute approximate surface area is 89.0 Å². The lowest BCUT2D eigenvalue weighted by Crippen LogP contribution is -2.41. The van der Waals surface area contributed by atoms with E-state index in [1.165, 1.54) is 6.42 Å².